The number of aliphatic hydroxyl groups excluding tert-OH is 2. The molecule has 1 fully saturated rings. The summed E-state index contributed by atoms with van der Waals surface area (Å²) in [4.78, 5) is 8.52. The van der Waals surface area contributed by atoms with E-state index in [2.05, 4.69) is 9.97 Å². The van der Waals surface area contributed by atoms with E-state index >= 15 is 0 Å². The molecule has 1 aliphatic carbocycles. The Hall–Kier alpha value is -1.90. The normalized spacial score (nSPS) is 24.8. The molecule has 0 radical (unpaired) electrons. The van der Waals surface area contributed by atoms with E-state index < -0.39 is 24.4 Å². The molecule has 2 aromatic heterocycles. The fraction of sp³-hybridized carbons (Fsp3) is 0.368. The van der Waals surface area contributed by atoms with Gasteiger partial charge in [-0.15, -0.1) is 0 Å². The quantitative estimate of drug-likeness (QED) is 0.596. The zero-order valence-corrected chi connectivity index (χ0v) is 16.6. The van der Waals surface area contributed by atoms with Gasteiger partial charge in [-0.3, -0.25) is 0 Å². The Bertz CT molecular complexity index is 1030. The highest BCUT2D eigenvalue weighted by Gasteiger charge is 2.44. The number of hydrogen-bond donors (Lipinski definition) is 3. The van der Waals surface area contributed by atoms with Crippen molar-refractivity contribution in [2.75, 3.05) is 0 Å². The number of nitrogens with two attached hydrogens (primary N) is 1. The predicted octanol–water partition coefficient (Wildman–Crippen LogP) is 2.62. The van der Waals surface area contributed by atoms with Crippen LogP contribution in [0.5, 0.6) is 5.75 Å². The smallest absolute Gasteiger partial charge is 0.143 e. The summed E-state index contributed by atoms with van der Waals surface area (Å²) in [6.07, 6.45) is 0.996. The van der Waals surface area contributed by atoms with Gasteiger partial charge in [0.2, 0.25) is 0 Å². The van der Waals surface area contributed by atoms with E-state index in [4.69, 9.17) is 33.7 Å². The van der Waals surface area contributed by atoms with Gasteiger partial charge in [-0.25, -0.2) is 9.97 Å². The Morgan fingerprint density at radius 3 is 2.75 bits per heavy atom. The number of fused-ring (bicyclic) bond motifs is 1. The van der Waals surface area contributed by atoms with E-state index in [0.717, 1.165) is 11.1 Å². The summed E-state index contributed by atoms with van der Waals surface area (Å²) in [6.45, 7) is 2.04. The molecular formula is C19H20Cl2N4O3. The molecule has 1 aliphatic rings. The summed E-state index contributed by atoms with van der Waals surface area (Å²) < 4.78 is 7.86. The van der Waals surface area contributed by atoms with E-state index in [1.165, 1.54) is 6.33 Å². The lowest BCUT2D eigenvalue weighted by Gasteiger charge is -2.20. The predicted molar refractivity (Wildman–Crippen MR) is 107 cm³/mol. The van der Waals surface area contributed by atoms with Crippen molar-refractivity contribution in [1.82, 2.24) is 14.5 Å². The molecule has 1 saturated carbocycles. The fourth-order valence-electron chi connectivity index (χ4n) is 3.76. The number of nitrogens with zero attached hydrogens (tertiary/aromatic N) is 3. The molecule has 0 amide bonds. The minimum Gasteiger partial charge on any atom is -0.487 e. The number of rotatable bonds is 4. The van der Waals surface area contributed by atoms with Gasteiger partial charge >= 0.3 is 0 Å². The van der Waals surface area contributed by atoms with Crippen molar-refractivity contribution in [3.8, 4) is 5.75 Å². The van der Waals surface area contributed by atoms with E-state index in [-0.39, 0.29) is 6.54 Å². The zero-order valence-electron chi connectivity index (χ0n) is 15.1. The maximum Gasteiger partial charge on any atom is 0.143 e. The maximum atomic E-state index is 10.7. The first-order chi connectivity index (χ1) is 13.4. The van der Waals surface area contributed by atoms with Crippen molar-refractivity contribution < 1.29 is 14.9 Å². The van der Waals surface area contributed by atoms with E-state index in [0.29, 0.717) is 33.4 Å². The van der Waals surface area contributed by atoms with Crippen LogP contribution in [0.1, 0.15) is 23.7 Å². The summed E-state index contributed by atoms with van der Waals surface area (Å²) in [7, 11) is 0. The second kappa shape index (κ2) is 7.50. The molecule has 0 saturated heterocycles. The van der Waals surface area contributed by atoms with Gasteiger partial charge in [0.1, 0.15) is 36.0 Å². The third-order valence-electron chi connectivity index (χ3n) is 5.30. The summed E-state index contributed by atoms with van der Waals surface area (Å²) in [5, 5.41) is 22.9. The molecule has 7 nitrogen and oxygen atoms in total. The van der Waals surface area contributed by atoms with Gasteiger partial charge in [0.25, 0.3) is 0 Å². The number of hydrogen-bond acceptors (Lipinski definition) is 6. The van der Waals surface area contributed by atoms with Crippen molar-refractivity contribution in [2.45, 2.75) is 44.2 Å². The standard InChI is InChI=1S/C19H20Cl2N4O3/c1-9-10-4-5-25(19(10)24-8-23-9)13-6-15(18(27)17(13)26)28-14-3-2-12(20)16(21)11(14)7-22/h2-5,8,13,15,17-18,26-27H,6-7,22H2,1H3/t13?,15?,17-,18+/m0/s1. The first kappa shape index (κ1) is 19.4. The van der Waals surface area contributed by atoms with Crippen LogP contribution in [0.15, 0.2) is 30.7 Å². The molecule has 28 heavy (non-hydrogen) atoms. The Morgan fingerprint density at radius 2 is 2.00 bits per heavy atom. The number of halogens is 2. The second-order valence-electron chi connectivity index (χ2n) is 6.90. The van der Waals surface area contributed by atoms with Crippen LogP contribution in [0.25, 0.3) is 11.0 Å². The molecule has 0 spiro atoms. The highest BCUT2D eigenvalue weighted by Crippen LogP contribution is 2.38. The number of benzene rings is 1. The van der Waals surface area contributed by atoms with E-state index in [1.54, 1.807) is 12.1 Å². The average molecular weight is 423 g/mol. The van der Waals surface area contributed by atoms with Crippen molar-refractivity contribution >= 4 is 34.2 Å². The summed E-state index contributed by atoms with van der Waals surface area (Å²) in [6, 6.07) is 4.80. The minimum atomic E-state index is -1.08. The lowest BCUT2D eigenvalue weighted by molar-refractivity contribution is -0.0165. The Morgan fingerprint density at radius 1 is 1.21 bits per heavy atom. The van der Waals surface area contributed by atoms with Crippen molar-refractivity contribution in [3.05, 3.63) is 52.0 Å². The molecule has 0 bridgehead atoms. The third-order valence-corrected chi connectivity index (χ3v) is 6.14. The summed E-state index contributed by atoms with van der Waals surface area (Å²) >= 11 is 12.3. The molecular weight excluding hydrogens is 403 g/mol. The van der Waals surface area contributed by atoms with E-state index in [1.807, 2.05) is 23.8 Å². The van der Waals surface area contributed by atoms with Crippen molar-refractivity contribution in [2.24, 2.45) is 5.73 Å². The molecule has 0 aliphatic heterocycles. The lowest BCUT2D eigenvalue weighted by Crippen LogP contribution is -2.34. The van der Waals surface area contributed by atoms with Gasteiger partial charge in [-0.05, 0) is 25.1 Å². The maximum absolute atomic E-state index is 10.7. The SMILES string of the molecule is Cc1ncnc2c1ccn2C1CC(Oc2ccc(Cl)c(Cl)c2CN)[C@@H](O)[C@H]1O. The first-order valence-corrected chi connectivity index (χ1v) is 9.65. The van der Waals surface area contributed by atoms with Crippen LogP contribution in [0.4, 0.5) is 0 Å². The Balaban J connectivity index is 1.64. The number of ether oxygens (including phenoxy) is 1. The molecule has 1 aromatic carbocycles. The monoisotopic (exact) mass is 422 g/mol. The molecule has 148 valence electrons. The number of aryl methyl sites for hydroxylation is 1. The summed E-state index contributed by atoms with van der Waals surface area (Å²) in [5.41, 5.74) is 7.91. The van der Waals surface area contributed by atoms with Crippen molar-refractivity contribution in [3.63, 3.8) is 0 Å². The van der Waals surface area contributed by atoms with Crippen LogP contribution in [-0.2, 0) is 6.54 Å². The van der Waals surface area contributed by atoms with Crippen LogP contribution in [0.2, 0.25) is 10.0 Å². The molecule has 2 unspecified atom stereocenters. The van der Waals surface area contributed by atoms with Crippen LogP contribution in [-0.4, -0.2) is 43.1 Å². The van der Waals surface area contributed by atoms with Gasteiger partial charge in [-0.1, -0.05) is 23.2 Å². The second-order valence-corrected chi connectivity index (χ2v) is 7.69. The van der Waals surface area contributed by atoms with Gasteiger partial charge in [0, 0.05) is 30.1 Å². The molecule has 4 atom stereocenters. The Labute approximate surface area is 171 Å². The minimum absolute atomic E-state index is 0.141. The van der Waals surface area contributed by atoms with Gasteiger partial charge in [0.05, 0.1) is 21.8 Å². The molecule has 3 aromatic rings. The molecule has 4 N–H and O–H groups in total. The van der Waals surface area contributed by atoms with Gasteiger partial charge in [-0.2, -0.15) is 0 Å². The van der Waals surface area contributed by atoms with Crippen LogP contribution >= 0.6 is 23.2 Å². The number of aromatic nitrogens is 3. The number of aliphatic hydroxyl groups is 2. The van der Waals surface area contributed by atoms with E-state index in [9.17, 15) is 10.2 Å². The molecule has 9 heteroatoms. The van der Waals surface area contributed by atoms with Gasteiger partial charge in [0.15, 0.2) is 0 Å². The first-order valence-electron chi connectivity index (χ1n) is 8.90. The zero-order chi connectivity index (χ0) is 20.0. The average Bonchev–Trinajstić information content (AvgIpc) is 3.22. The molecule has 4 rings (SSSR count). The fourth-order valence-corrected chi connectivity index (χ4v) is 4.17. The van der Waals surface area contributed by atoms with Crippen molar-refractivity contribution in [1.29, 1.82) is 0 Å². The third kappa shape index (κ3) is 3.13. The topological polar surface area (TPSA) is 106 Å². The van der Waals surface area contributed by atoms with Crippen LogP contribution in [0, 0.1) is 6.92 Å². The van der Waals surface area contributed by atoms with Crippen LogP contribution in [0.3, 0.4) is 0 Å². The summed E-state index contributed by atoms with van der Waals surface area (Å²) in [5.74, 6) is 0.448. The highest BCUT2D eigenvalue weighted by molar-refractivity contribution is 6.42. The molecule has 2 heterocycles. The lowest BCUT2D eigenvalue weighted by atomic mass is 10.2. The highest BCUT2D eigenvalue weighted by atomic mass is 35.5. The van der Waals surface area contributed by atoms with Gasteiger partial charge < -0.3 is 25.3 Å². The largest absolute Gasteiger partial charge is 0.487 e. The van der Waals surface area contributed by atoms with Crippen LogP contribution < -0.4 is 10.5 Å². The Kier molecular flexibility index (Phi) is 5.20.